The first kappa shape index (κ1) is 20.3. The van der Waals surface area contributed by atoms with E-state index in [2.05, 4.69) is 5.32 Å². The molecule has 1 aliphatic heterocycles. The highest BCUT2D eigenvalue weighted by Crippen LogP contribution is 2.17. The predicted octanol–water partition coefficient (Wildman–Crippen LogP) is 3.01. The van der Waals surface area contributed by atoms with Crippen molar-refractivity contribution in [3.63, 3.8) is 0 Å². The Labute approximate surface area is 163 Å². The fourth-order valence-electron chi connectivity index (χ4n) is 2.67. The van der Waals surface area contributed by atoms with Gasteiger partial charge in [-0.15, -0.1) is 12.4 Å². The van der Waals surface area contributed by atoms with E-state index < -0.39 is 0 Å². The molecule has 2 aromatic rings. The van der Waals surface area contributed by atoms with Crippen LogP contribution in [0.15, 0.2) is 48.5 Å². The number of hydrogen-bond acceptors (Lipinski definition) is 4. The lowest BCUT2D eigenvalue weighted by atomic mass is 10.1. The molecule has 1 saturated heterocycles. The average molecular weight is 392 g/mol. The van der Waals surface area contributed by atoms with Crippen molar-refractivity contribution in [3.05, 3.63) is 65.2 Å². The highest BCUT2D eigenvalue weighted by molar-refractivity contribution is 7.99. The summed E-state index contributed by atoms with van der Waals surface area (Å²) in [7, 11) is 0. The zero-order valence-corrected chi connectivity index (χ0v) is 15.9. The van der Waals surface area contributed by atoms with Gasteiger partial charge in [0.2, 0.25) is 0 Å². The summed E-state index contributed by atoms with van der Waals surface area (Å²) in [5, 5.41) is 2.85. The number of carbonyl (C=O) groups is 2. The van der Waals surface area contributed by atoms with Crippen molar-refractivity contribution >= 4 is 41.7 Å². The van der Waals surface area contributed by atoms with Gasteiger partial charge in [-0.1, -0.05) is 18.2 Å². The molecule has 2 amide bonds. The van der Waals surface area contributed by atoms with Gasteiger partial charge < -0.3 is 16.0 Å². The van der Waals surface area contributed by atoms with E-state index >= 15 is 0 Å². The third-order valence-corrected chi connectivity index (χ3v) is 5.06. The summed E-state index contributed by atoms with van der Waals surface area (Å²) < 4.78 is 0. The standard InChI is InChI=1S/C19H21N3O2S.ClH/c20-13-14-4-6-15(7-5-14)18(23)21-17-3-1-2-16(12-17)19(24)22-8-10-25-11-9-22;/h1-7,12H,8-11,13,20H2,(H,21,23);1H. The fourth-order valence-corrected chi connectivity index (χ4v) is 3.58. The minimum atomic E-state index is -0.206. The molecule has 1 aliphatic rings. The predicted molar refractivity (Wildman–Crippen MR) is 109 cm³/mol. The first-order valence-corrected chi connectivity index (χ1v) is 9.40. The van der Waals surface area contributed by atoms with E-state index in [4.69, 9.17) is 5.73 Å². The average Bonchev–Trinajstić information content (AvgIpc) is 2.68. The van der Waals surface area contributed by atoms with Gasteiger partial charge in [0.15, 0.2) is 0 Å². The summed E-state index contributed by atoms with van der Waals surface area (Å²) in [5.74, 6) is 1.76. The molecule has 0 bridgehead atoms. The van der Waals surface area contributed by atoms with Crippen LogP contribution in [-0.4, -0.2) is 41.3 Å². The maximum Gasteiger partial charge on any atom is 0.255 e. The van der Waals surface area contributed by atoms with Crippen LogP contribution in [0.4, 0.5) is 5.69 Å². The number of anilines is 1. The van der Waals surface area contributed by atoms with Gasteiger partial charge in [0.05, 0.1) is 0 Å². The third-order valence-electron chi connectivity index (χ3n) is 4.12. The van der Waals surface area contributed by atoms with Gasteiger partial charge in [-0.05, 0) is 35.9 Å². The van der Waals surface area contributed by atoms with Gasteiger partial charge >= 0.3 is 0 Å². The van der Waals surface area contributed by atoms with Crippen LogP contribution >= 0.6 is 24.2 Å². The third kappa shape index (κ3) is 5.00. The van der Waals surface area contributed by atoms with Crippen molar-refractivity contribution in [2.24, 2.45) is 5.73 Å². The molecule has 3 N–H and O–H groups in total. The van der Waals surface area contributed by atoms with Crippen molar-refractivity contribution < 1.29 is 9.59 Å². The SMILES string of the molecule is Cl.NCc1ccc(C(=O)Nc2cccc(C(=O)N3CCSCC3)c2)cc1. The molecule has 0 radical (unpaired) electrons. The number of rotatable bonds is 4. The smallest absolute Gasteiger partial charge is 0.255 e. The maximum atomic E-state index is 12.6. The monoisotopic (exact) mass is 391 g/mol. The summed E-state index contributed by atoms with van der Waals surface area (Å²) in [4.78, 5) is 26.8. The number of nitrogens with two attached hydrogens (primary N) is 1. The number of thioether (sulfide) groups is 1. The molecule has 7 heteroatoms. The zero-order valence-electron chi connectivity index (χ0n) is 14.3. The highest BCUT2D eigenvalue weighted by atomic mass is 35.5. The van der Waals surface area contributed by atoms with E-state index in [-0.39, 0.29) is 24.2 Å². The maximum absolute atomic E-state index is 12.6. The Bertz CT molecular complexity index is 762. The van der Waals surface area contributed by atoms with Crippen LogP contribution in [0, 0.1) is 0 Å². The van der Waals surface area contributed by atoms with Crippen molar-refractivity contribution in [2.45, 2.75) is 6.54 Å². The second kappa shape index (κ2) is 9.62. The highest BCUT2D eigenvalue weighted by Gasteiger charge is 2.18. The quantitative estimate of drug-likeness (QED) is 0.840. The van der Waals surface area contributed by atoms with Crippen molar-refractivity contribution in [2.75, 3.05) is 29.9 Å². The van der Waals surface area contributed by atoms with Crippen molar-refractivity contribution in [3.8, 4) is 0 Å². The minimum absolute atomic E-state index is 0. The second-order valence-corrected chi connectivity index (χ2v) is 7.07. The van der Waals surface area contributed by atoms with Crippen LogP contribution in [0.1, 0.15) is 26.3 Å². The Morgan fingerprint density at radius 3 is 2.38 bits per heavy atom. The topological polar surface area (TPSA) is 75.4 Å². The van der Waals surface area contributed by atoms with E-state index in [0.29, 0.717) is 23.4 Å². The van der Waals surface area contributed by atoms with Gasteiger partial charge in [-0.2, -0.15) is 11.8 Å². The Hall–Kier alpha value is -2.02. The molecule has 1 fully saturated rings. The molecule has 0 spiro atoms. The van der Waals surface area contributed by atoms with Gasteiger partial charge in [0.25, 0.3) is 11.8 Å². The second-order valence-electron chi connectivity index (χ2n) is 5.84. The lowest BCUT2D eigenvalue weighted by Gasteiger charge is -2.26. The van der Waals surface area contributed by atoms with Crippen LogP contribution in [-0.2, 0) is 6.54 Å². The lowest BCUT2D eigenvalue weighted by molar-refractivity contribution is 0.0772. The molecular weight excluding hydrogens is 370 g/mol. The number of benzene rings is 2. The summed E-state index contributed by atoms with van der Waals surface area (Å²) in [5.41, 5.74) is 8.32. The molecule has 138 valence electrons. The Morgan fingerprint density at radius 2 is 1.73 bits per heavy atom. The van der Waals surface area contributed by atoms with Crippen LogP contribution in [0.5, 0.6) is 0 Å². The molecule has 0 unspecified atom stereocenters. The lowest BCUT2D eigenvalue weighted by Crippen LogP contribution is -2.37. The van der Waals surface area contributed by atoms with Crippen molar-refractivity contribution in [1.29, 1.82) is 0 Å². The first-order chi connectivity index (χ1) is 12.2. The summed E-state index contributed by atoms with van der Waals surface area (Å²) in [6, 6.07) is 14.3. The van der Waals surface area contributed by atoms with E-state index in [0.717, 1.165) is 30.2 Å². The number of halogens is 1. The molecule has 2 aromatic carbocycles. The van der Waals surface area contributed by atoms with Gasteiger partial charge in [0, 0.05) is 48.0 Å². The minimum Gasteiger partial charge on any atom is -0.337 e. The van der Waals surface area contributed by atoms with Crippen LogP contribution in [0.3, 0.4) is 0 Å². The molecule has 5 nitrogen and oxygen atoms in total. The Kier molecular flexibility index (Phi) is 7.50. The molecule has 0 saturated carbocycles. The fraction of sp³-hybridized carbons (Fsp3) is 0.263. The molecule has 0 aliphatic carbocycles. The normalized spacial score (nSPS) is 13.7. The molecular formula is C19H22ClN3O2S. The number of hydrogen-bond donors (Lipinski definition) is 2. The summed E-state index contributed by atoms with van der Waals surface area (Å²) in [6.07, 6.45) is 0. The molecule has 26 heavy (non-hydrogen) atoms. The molecule has 1 heterocycles. The number of nitrogens with zero attached hydrogens (tertiary/aromatic N) is 1. The number of nitrogens with one attached hydrogen (secondary N) is 1. The van der Waals surface area contributed by atoms with E-state index in [1.165, 1.54) is 0 Å². The van der Waals surface area contributed by atoms with E-state index in [9.17, 15) is 9.59 Å². The number of amides is 2. The Balaban J connectivity index is 0.00000243. The van der Waals surface area contributed by atoms with Crippen LogP contribution < -0.4 is 11.1 Å². The van der Waals surface area contributed by atoms with Gasteiger partial charge in [-0.3, -0.25) is 9.59 Å². The van der Waals surface area contributed by atoms with E-state index in [1.54, 1.807) is 36.4 Å². The van der Waals surface area contributed by atoms with Crippen LogP contribution in [0.2, 0.25) is 0 Å². The van der Waals surface area contributed by atoms with E-state index in [1.807, 2.05) is 28.8 Å². The largest absolute Gasteiger partial charge is 0.337 e. The molecule has 3 rings (SSSR count). The molecule has 0 atom stereocenters. The van der Waals surface area contributed by atoms with Gasteiger partial charge in [0.1, 0.15) is 0 Å². The zero-order chi connectivity index (χ0) is 17.6. The Morgan fingerprint density at radius 1 is 1.04 bits per heavy atom. The summed E-state index contributed by atoms with van der Waals surface area (Å²) in [6.45, 7) is 1.99. The molecule has 0 aromatic heterocycles. The van der Waals surface area contributed by atoms with Gasteiger partial charge in [-0.25, -0.2) is 0 Å². The van der Waals surface area contributed by atoms with Crippen LogP contribution in [0.25, 0.3) is 0 Å². The number of carbonyl (C=O) groups excluding carboxylic acids is 2. The first-order valence-electron chi connectivity index (χ1n) is 8.25. The summed E-state index contributed by atoms with van der Waals surface area (Å²) >= 11 is 1.86. The van der Waals surface area contributed by atoms with Crippen molar-refractivity contribution in [1.82, 2.24) is 4.90 Å².